The van der Waals surface area contributed by atoms with E-state index in [9.17, 15) is 17.6 Å². The van der Waals surface area contributed by atoms with Crippen LogP contribution in [0.25, 0.3) is 0 Å². The summed E-state index contributed by atoms with van der Waals surface area (Å²) in [6.45, 7) is 0. The predicted octanol–water partition coefficient (Wildman–Crippen LogP) is 3.61. The van der Waals surface area contributed by atoms with Crippen LogP contribution in [0, 0.1) is 5.82 Å². The van der Waals surface area contributed by atoms with Gasteiger partial charge in [-0.05, 0) is 18.2 Å². The van der Waals surface area contributed by atoms with Gasteiger partial charge in [0.25, 0.3) is 0 Å². The van der Waals surface area contributed by atoms with Gasteiger partial charge in [-0.25, -0.2) is 9.37 Å². The van der Waals surface area contributed by atoms with Crippen molar-refractivity contribution >= 4 is 5.69 Å². The zero-order valence-electron chi connectivity index (χ0n) is 9.41. The molecular formula is C12H8F4N2O. The van der Waals surface area contributed by atoms with Crippen molar-refractivity contribution in [1.29, 1.82) is 0 Å². The number of rotatable bonds is 2. The van der Waals surface area contributed by atoms with Crippen molar-refractivity contribution in [3.05, 3.63) is 47.9 Å². The molecule has 1 heterocycles. The van der Waals surface area contributed by atoms with Gasteiger partial charge in [0.1, 0.15) is 5.82 Å². The molecule has 1 aromatic heterocycles. The molecule has 19 heavy (non-hydrogen) atoms. The maximum Gasteiger partial charge on any atom is 0.416 e. The van der Waals surface area contributed by atoms with Crippen molar-refractivity contribution in [1.82, 2.24) is 4.98 Å². The van der Waals surface area contributed by atoms with E-state index in [1.54, 1.807) is 0 Å². The number of alkyl halides is 3. The molecule has 0 aliphatic heterocycles. The second-order valence-corrected chi connectivity index (χ2v) is 3.66. The average Bonchev–Trinajstić information content (AvgIpc) is 2.33. The molecule has 0 saturated heterocycles. The van der Waals surface area contributed by atoms with Gasteiger partial charge < -0.3 is 10.5 Å². The molecule has 0 fully saturated rings. The Balaban J connectivity index is 2.31. The summed E-state index contributed by atoms with van der Waals surface area (Å²) in [5, 5.41) is 0. The summed E-state index contributed by atoms with van der Waals surface area (Å²) in [5.41, 5.74) is 4.71. The molecule has 0 unspecified atom stereocenters. The molecule has 3 nitrogen and oxygen atoms in total. The van der Waals surface area contributed by atoms with Gasteiger partial charge in [0, 0.05) is 18.3 Å². The van der Waals surface area contributed by atoms with E-state index in [4.69, 9.17) is 10.5 Å². The number of nitrogens with zero attached hydrogens (tertiary/aromatic N) is 1. The first kappa shape index (κ1) is 13.1. The lowest BCUT2D eigenvalue weighted by atomic mass is 10.2. The van der Waals surface area contributed by atoms with Crippen molar-refractivity contribution in [2.24, 2.45) is 0 Å². The number of halogens is 4. The van der Waals surface area contributed by atoms with Gasteiger partial charge in [-0.3, -0.25) is 0 Å². The van der Waals surface area contributed by atoms with Crippen LogP contribution >= 0.6 is 0 Å². The first-order valence-electron chi connectivity index (χ1n) is 5.12. The van der Waals surface area contributed by atoms with Crippen LogP contribution < -0.4 is 10.5 Å². The Morgan fingerprint density at radius 2 is 1.84 bits per heavy atom. The Bertz CT molecular complexity index is 599. The van der Waals surface area contributed by atoms with E-state index >= 15 is 0 Å². The Morgan fingerprint density at radius 1 is 1.11 bits per heavy atom. The third-order valence-electron chi connectivity index (χ3n) is 2.25. The van der Waals surface area contributed by atoms with E-state index in [2.05, 4.69) is 4.98 Å². The maximum atomic E-state index is 13.0. The molecule has 0 spiro atoms. The van der Waals surface area contributed by atoms with Crippen molar-refractivity contribution in [2.75, 3.05) is 5.73 Å². The summed E-state index contributed by atoms with van der Waals surface area (Å²) < 4.78 is 55.5. The fourth-order valence-corrected chi connectivity index (χ4v) is 1.35. The fraction of sp³-hybridized carbons (Fsp3) is 0.0833. The zero-order valence-corrected chi connectivity index (χ0v) is 9.41. The van der Waals surface area contributed by atoms with Gasteiger partial charge in [0.2, 0.25) is 5.88 Å². The molecule has 0 bridgehead atoms. The Kier molecular flexibility index (Phi) is 3.28. The quantitative estimate of drug-likeness (QED) is 0.671. The number of aromatic nitrogens is 1. The monoisotopic (exact) mass is 272 g/mol. The Hall–Kier alpha value is -2.31. The van der Waals surface area contributed by atoms with Gasteiger partial charge in [-0.2, -0.15) is 13.2 Å². The highest BCUT2D eigenvalue weighted by molar-refractivity contribution is 5.53. The molecule has 7 heteroatoms. The van der Waals surface area contributed by atoms with Crippen LogP contribution in [0.2, 0.25) is 0 Å². The van der Waals surface area contributed by atoms with E-state index in [1.165, 1.54) is 6.07 Å². The minimum absolute atomic E-state index is 0.0909. The topological polar surface area (TPSA) is 48.1 Å². The molecule has 0 atom stereocenters. The number of nitrogen functional groups attached to an aromatic ring is 1. The summed E-state index contributed by atoms with van der Waals surface area (Å²) in [4.78, 5) is 3.62. The van der Waals surface area contributed by atoms with Crippen LogP contribution in [0.15, 0.2) is 36.5 Å². The molecule has 2 rings (SSSR count). The number of nitrogens with two attached hydrogens (primary N) is 1. The maximum absolute atomic E-state index is 13.0. The van der Waals surface area contributed by atoms with E-state index in [0.29, 0.717) is 6.07 Å². The number of anilines is 1. The third kappa shape index (κ3) is 3.12. The van der Waals surface area contributed by atoms with Crippen LogP contribution in [0.1, 0.15) is 5.56 Å². The smallest absolute Gasteiger partial charge is 0.416 e. The highest BCUT2D eigenvalue weighted by Crippen LogP contribution is 2.32. The normalized spacial score (nSPS) is 11.4. The van der Waals surface area contributed by atoms with Gasteiger partial charge in [-0.15, -0.1) is 0 Å². The summed E-state index contributed by atoms with van der Waals surface area (Å²) in [6, 6.07) is 4.85. The second-order valence-electron chi connectivity index (χ2n) is 3.66. The lowest BCUT2D eigenvalue weighted by Gasteiger charge is -2.10. The van der Waals surface area contributed by atoms with E-state index in [1.807, 2.05) is 0 Å². The molecule has 0 saturated carbocycles. The molecule has 100 valence electrons. The van der Waals surface area contributed by atoms with Gasteiger partial charge in [-0.1, -0.05) is 0 Å². The minimum Gasteiger partial charge on any atom is -0.437 e. The molecule has 0 aliphatic carbocycles. The van der Waals surface area contributed by atoms with Gasteiger partial charge in [0.15, 0.2) is 5.75 Å². The summed E-state index contributed by atoms with van der Waals surface area (Å²) in [6.07, 6.45) is -3.55. The Labute approximate surface area is 105 Å². The lowest BCUT2D eigenvalue weighted by molar-refractivity contribution is -0.137. The number of benzene rings is 1. The highest BCUT2D eigenvalue weighted by atomic mass is 19.4. The molecule has 2 aromatic rings. The van der Waals surface area contributed by atoms with Crippen LogP contribution in [0.3, 0.4) is 0 Å². The molecule has 2 N–H and O–H groups in total. The fourth-order valence-electron chi connectivity index (χ4n) is 1.35. The second kappa shape index (κ2) is 4.75. The van der Waals surface area contributed by atoms with E-state index in [0.717, 1.165) is 24.4 Å². The van der Waals surface area contributed by atoms with E-state index in [-0.39, 0.29) is 17.3 Å². The standard InChI is InChI=1S/C12H8F4N2O/c13-8-1-2-9(17)10(6-8)19-11-5-7(3-4-18-11)12(14,15)16/h1-6H,17H2. The summed E-state index contributed by atoms with van der Waals surface area (Å²) in [7, 11) is 0. The largest absolute Gasteiger partial charge is 0.437 e. The molecule has 0 aliphatic rings. The zero-order chi connectivity index (χ0) is 14.0. The summed E-state index contributed by atoms with van der Waals surface area (Å²) >= 11 is 0. The predicted molar refractivity (Wildman–Crippen MR) is 60.1 cm³/mol. The lowest BCUT2D eigenvalue weighted by Crippen LogP contribution is -2.05. The minimum atomic E-state index is -4.51. The number of hydrogen-bond acceptors (Lipinski definition) is 3. The number of ether oxygens (including phenoxy) is 1. The van der Waals surface area contributed by atoms with Crippen LogP contribution in [0.4, 0.5) is 23.2 Å². The van der Waals surface area contributed by atoms with Gasteiger partial charge >= 0.3 is 6.18 Å². The van der Waals surface area contributed by atoms with Crippen LogP contribution in [-0.4, -0.2) is 4.98 Å². The van der Waals surface area contributed by atoms with Crippen molar-refractivity contribution in [3.8, 4) is 11.6 Å². The van der Waals surface area contributed by atoms with E-state index < -0.39 is 17.6 Å². The van der Waals surface area contributed by atoms with Crippen molar-refractivity contribution in [3.63, 3.8) is 0 Å². The first-order valence-corrected chi connectivity index (χ1v) is 5.12. The van der Waals surface area contributed by atoms with Crippen LogP contribution in [0.5, 0.6) is 11.6 Å². The average molecular weight is 272 g/mol. The molecule has 1 aromatic carbocycles. The molecular weight excluding hydrogens is 264 g/mol. The molecule has 0 amide bonds. The SMILES string of the molecule is Nc1ccc(F)cc1Oc1cc(C(F)(F)F)ccn1. The number of pyridine rings is 1. The number of hydrogen-bond donors (Lipinski definition) is 1. The van der Waals surface area contributed by atoms with Crippen molar-refractivity contribution < 1.29 is 22.3 Å². The van der Waals surface area contributed by atoms with Gasteiger partial charge in [0.05, 0.1) is 11.3 Å². The first-order chi connectivity index (χ1) is 8.86. The highest BCUT2D eigenvalue weighted by Gasteiger charge is 2.31. The molecule has 0 radical (unpaired) electrons. The van der Waals surface area contributed by atoms with Crippen LogP contribution in [-0.2, 0) is 6.18 Å². The van der Waals surface area contributed by atoms with Crippen molar-refractivity contribution in [2.45, 2.75) is 6.18 Å². The third-order valence-corrected chi connectivity index (χ3v) is 2.25. The Morgan fingerprint density at radius 3 is 2.53 bits per heavy atom. The summed E-state index contributed by atoms with van der Waals surface area (Å²) in [5.74, 6) is -1.02.